The number of hydrogen-bond acceptors (Lipinski definition) is 2. The van der Waals surface area contributed by atoms with Gasteiger partial charge in [0.1, 0.15) is 5.75 Å². The maximum absolute atomic E-state index is 6.05. The zero-order valence-corrected chi connectivity index (χ0v) is 18.6. The van der Waals surface area contributed by atoms with Crippen molar-refractivity contribution in [2.24, 2.45) is 0 Å². The first kappa shape index (κ1) is 20.8. The van der Waals surface area contributed by atoms with Crippen molar-refractivity contribution in [2.75, 3.05) is 13.1 Å². The van der Waals surface area contributed by atoms with Gasteiger partial charge in [-0.15, -0.1) is 12.4 Å². The molecule has 2 aromatic rings. The fourth-order valence-electron chi connectivity index (χ4n) is 3.16. The fourth-order valence-corrected chi connectivity index (χ4v) is 4.48. The standard InChI is InChI=1S/C19H24Br2N2O.ClH/c1-13(2)24-19-16(10-14(20)11-17(19)21)18-7-6-15(22-18)12-23-8-4-3-5-9-23;/h6-7,10-11,13,22H,3-5,8-9,12H2,1-2H3;1H. The zero-order chi connectivity index (χ0) is 17.1. The Kier molecular flexibility index (Phi) is 7.87. The molecule has 0 unspecified atom stereocenters. The fraction of sp³-hybridized carbons (Fsp3) is 0.474. The van der Waals surface area contributed by atoms with Gasteiger partial charge in [-0.1, -0.05) is 22.4 Å². The molecular weight excluding hydrogens is 467 g/mol. The van der Waals surface area contributed by atoms with Crippen LogP contribution in [0.25, 0.3) is 11.3 Å². The normalized spacial score (nSPS) is 15.2. The van der Waals surface area contributed by atoms with E-state index in [1.807, 2.05) is 6.07 Å². The molecule has 0 spiro atoms. The predicted molar refractivity (Wildman–Crippen MR) is 114 cm³/mol. The largest absolute Gasteiger partial charge is 0.489 e. The molecule has 0 saturated carbocycles. The summed E-state index contributed by atoms with van der Waals surface area (Å²) in [5.74, 6) is 0.888. The van der Waals surface area contributed by atoms with Gasteiger partial charge in [0.2, 0.25) is 0 Å². The summed E-state index contributed by atoms with van der Waals surface area (Å²) in [6, 6.07) is 8.48. The molecule has 1 aromatic carbocycles. The summed E-state index contributed by atoms with van der Waals surface area (Å²) >= 11 is 7.22. The summed E-state index contributed by atoms with van der Waals surface area (Å²) < 4.78 is 8.05. The number of hydrogen-bond donors (Lipinski definition) is 1. The van der Waals surface area contributed by atoms with Crippen molar-refractivity contribution in [3.8, 4) is 17.0 Å². The molecule has 25 heavy (non-hydrogen) atoms. The van der Waals surface area contributed by atoms with Crippen molar-refractivity contribution in [3.63, 3.8) is 0 Å². The van der Waals surface area contributed by atoms with Crippen LogP contribution in [-0.2, 0) is 6.54 Å². The van der Waals surface area contributed by atoms with Crippen LogP contribution >= 0.6 is 44.3 Å². The van der Waals surface area contributed by atoms with Gasteiger partial charge < -0.3 is 9.72 Å². The van der Waals surface area contributed by atoms with Gasteiger partial charge in [-0.05, 0) is 80.0 Å². The zero-order valence-electron chi connectivity index (χ0n) is 14.6. The maximum Gasteiger partial charge on any atom is 0.143 e. The van der Waals surface area contributed by atoms with E-state index in [0.717, 1.165) is 32.5 Å². The third-order valence-corrected chi connectivity index (χ3v) is 5.29. The van der Waals surface area contributed by atoms with Gasteiger partial charge in [-0.2, -0.15) is 0 Å². The summed E-state index contributed by atoms with van der Waals surface area (Å²) in [6.07, 6.45) is 4.13. The van der Waals surface area contributed by atoms with Gasteiger partial charge in [-0.25, -0.2) is 0 Å². The highest BCUT2D eigenvalue weighted by molar-refractivity contribution is 9.11. The second-order valence-electron chi connectivity index (χ2n) is 6.66. The average molecular weight is 493 g/mol. The minimum atomic E-state index is 0. The Hall–Kier alpha value is -0.490. The summed E-state index contributed by atoms with van der Waals surface area (Å²) in [5, 5.41) is 0. The molecule has 6 heteroatoms. The molecule has 0 amide bonds. The lowest BCUT2D eigenvalue weighted by Gasteiger charge is -2.25. The van der Waals surface area contributed by atoms with Gasteiger partial charge in [0.05, 0.1) is 10.6 Å². The van der Waals surface area contributed by atoms with Crippen molar-refractivity contribution in [2.45, 2.75) is 45.8 Å². The van der Waals surface area contributed by atoms with Crippen LogP contribution in [0.1, 0.15) is 38.8 Å². The van der Waals surface area contributed by atoms with Crippen molar-refractivity contribution in [1.29, 1.82) is 0 Å². The molecule has 138 valence electrons. The van der Waals surface area contributed by atoms with E-state index < -0.39 is 0 Å². The molecule has 1 N–H and O–H groups in total. The Morgan fingerprint density at radius 3 is 2.52 bits per heavy atom. The number of nitrogens with zero attached hydrogens (tertiary/aromatic N) is 1. The van der Waals surface area contributed by atoms with Crippen LogP contribution in [-0.4, -0.2) is 29.1 Å². The van der Waals surface area contributed by atoms with E-state index in [1.54, 1.807) is 0 Å². The molecule has 1 fully saturated rings. The number of ether oxygens (including phenoxy) is 1. The second kappa shape index (κ2) is 9.45. The minimum Gasteiger partial charge on any atom is -0.489 e. The Morgan fingerprint density at radius 1 is 1.12 bits per heavy atom. The van der Waals surface area contributed by atoms with Crippen LogP contribution in [0.4, 0.5) is 0 Å². The maximum atomic E-state index is 6.05. The summed E-state index contributed by atoms with van der Waals surface area (Å²) in [6.45, 7) is 7.51. The van der Waals surface area contributed by atoms with E-state index in [4.69, 9.17) is 4.74 Å². The lowest BCUT2D eigenvalue weighted by Crippen LogP contribution is -2.29. The molecule has 3 nitrogen and oxygen atoms in total. The van der Waals surface area contributed by atoms with E-state index in [1.165, 1.54) is 38.0 Å². The molecule has 2 heterocycles. The van der Waals surface area contributed by atoms with Crippen LogP contribution in [0.3, 0.4) is 0 Å². The molecule has 3 rings (SSSR count). The molecule has 1 aliphatic rings. The van der Waals surface area contributed by atoms with Gasteiger partial charge >= 0.3 is 0 Å². The number of halogens is 3. The van der Waals surface area contributed by atoms with Gasteiger partial charge in [0, 0.05) is 28.0 Å². The Labute approximate surface area is 173 Å². The Bertz CT molecular complexity index is 697. The molecule has 0 aliphatic carbocycles. The van der Waals surface area contributed by atoms with Crippen molar-refractivity contribution < 1.29 is 4.74 Å². The van der Waals surface area contributed by atoms with Crippen LogP contribution in [0.5, 0.6) is 5.75 Å². The molecule has 0 radical (unpaired) electrons. The van der Waals surface area contributed by atoms with E-state index in [9.17, 15) is 0 Å². The number of nitrogens with one attached hydrogen (secondary N) is 1. The summed E-state index contributed by atoms with van der Waals surface area (Å²) in [5.41, 5.74) is 3.44. The smallest absolute Gasteiger partial charge is 0.143 e. The predicted octanol–water partition coefficient (Wildman–Crippen LogP) is 6.40. The Morgan fingerprint density at radius 2 is 1.84 bits per heavy atom. The third-order valence-electron chi connectivity index (χ3n) is 4.24. The quantitative estimate of drug-likeness (QED) is 0.523. The topological polar surface area (TPSA) is 28.3 Å². The number of aromatic amines is 1. The van der Waals surface area contributed by atoms with Gasteiger partial charge in [0.15, 0.2) is 0 Å². The SMILES string of the molecule is CC(C)Oc1c(Br)cc(Br)cc1-c1ccc(CN2CCCCC2)[nH]1.Cl. The monoisotopic (exact) mass is 490 g/mol. The molecule has 0 bridgehead atoms. The molecule has 0 atom stereocenters. The highest BCUT2D eigenvalue weighted by Crippen LogP contribution is 2.39. The van der Waals surface area contributed by atoms with E-state index in [2.05, 4.69) is 73.8 Å². The second-order valence-corrected chi connectivity index (χ2v) is 8.43. The van der Waals surface area contributed by atoms with Crippen molar-refractivity contribution in [3.05, 3.63) is 38.9 Å². The lowest BCUT2D eigenvalue weighted by atomic mass is 10.1. The van der Waals surface area contributed by atoms with Crippen LogP contribution in [0.2, 0.25) is 0 Å². The summed E-state index contributed by atoms with van der Waals surface area (Å²) in [7, 11) is 0. The first-order valence-corrected chi connectivity index (χ1v) is 10.2. The number of aromatic nitrogens is 1. The Balaban J connectivity index is 0.00000225. The van der Waals surface area contributed by atoms with Crippen LogP contribution in [0.15, 0.2) is 33.2 Å². The molecule has 1 aliphatic heterocycles. The summed E-state index contributed by atoms with van der Waals surface area (Å²) in [4.78, 5) is 6.11. The molecule has 1 aromatic heterocycles. The van der Waals surface area contributed by atoms with Crippen LogP contribution < -0.4 is 4.74 Å². The van der Waals surface area contributed by atoms with Crippen molar-refractivity contribution >= 4 is 44.3 Å². The van der Waals surface area contributed by atoms with E-state index >= 15 is 0 Å². The first-order chi connectivity index (χ1) is 11.5. The van der Waals surface area contributed by atoms with Gasteiger partial charge in [-0.3, -0.25) is 4.90 Å². The number of rotatable bonds is 5. The van der Waals surface area contributed by atoms with Crippen molar-refractivity contribution in [1.82, 2.24) is 9.88 Å². The van der Waals surface area contributed by atoms with E-state index in [0.29, 0.717) is 0 Å². The highest BCUT2D eigenvalue weighted by atomic mass is 79.9. The lowest BCUT2D eigenvalue weighted by molar-refractivity contribution is 0.219. The average Bonchev–Trinajstić information content (AvgIpc) is 2.99. The number of piperidine rings is 1. The van der Waals surface area contributed by atoms with E-state index in [-0.39, 0.29) is 18.5 Å². The number of likely N-dealkylation sites (tertiary alicyclic amines) is 1. The first-order valence-electron chi connectivity index (χ1n) is 8.59. The highest BCUT2D eigenvalue weighted by Gasteiger charge is 2.16. The number of H-pyrrole nitrogens is 1. The molecule has 1 saturated heterocycles. The van der Waals surface area contributed by atoms with Gasteiger partial charge in [0.25, 0.3) is 0 Å². The third kappa shape index (κ3) is 5.49. The number of benzene rings is 1. The minimum absolute atomic E-state index is 0. The van der Waals surface area contributed by atoms with Crippen LogP contribution in [0, 0.1) is 0 Å². The molecular formula is C19H25Br2ClN2O.